The Bertz CT molecular complexity index is 639. The molecule has 1 heterocycles. The summed E-state index contributed by atoms with van der Waals surface area (Å²) in [4.78, 5) is 28.6. The van der Waals surface area contributed by atoms with Crippen molar-refractivity contribution in [2.75, 3.05) is 12.4 Å². The van der Waals surface area contributed by atoms with E-state index in [-0.39, 0.29) is 12.0 Å². The summed E-state index contributed by atoms with van der Waals surface area (Å²) in [5.74, 6) is -2.54. The van der Waals surface area contributed by atoms with Gasteiger partial charge in [0.1, 0.15) is 12.4 Å². The zero-order chi connectivity index (χ0) is 19.9. The summed E-state index contributed by atoms with van der Waals surface area (Å²) in [5.41, 5.74) is 0.842. The lowest BCUT2D eigenvalue weighted by atomic mass is 10.0. The smallest absolute Gasteiger partial charge is 0.481 e. The van der Waals surface area contributed by atoms with Gasteiger partial charge in [-0.15, -0.1) is 0 Å². The number of aryl methyl sites for hydroxylation is 1. The monoisotopic (exact) mass is 379 g/mol. The fourth-order valence-corrected chi connectivity index (χ4v) is 2.52. The highest BCUT2D eigenvalue weighted by molar-refractivity contribution is 5.73. The molecule has 0 saturated heterocycles. The van der Waals surface area contributed by atoms with E-state index >= 15 is 0 Å². The normalized spacial score (nSPS) is 19.4. The predicted molar refractivity (Wildman–Crippen MR) is 83.6 cm³/mol. The van der Waals surface area contributed by atoms with Crippen LogP contribution in [0.4, 0.5) is 19.0 Å². The van der Waals surface area contributed by atoms with Crippen LogP contribution in [0.3, 0.4) is 0 Å². The Morgan fingerprint density at radius 2 is 1.92 bits per heavy atom. The van der Waals surface area contributed by atoms with E-state index in [0.29, 0.717) is 18.2 Å². The highest BCUT2D eigenvalue weighted by Gasteiger charge is 2.38. The highest BCUT2D eigenvalue weighted by atomic mass is 19.4. The van der Waals surface area contributed by atoms with E-state index in [1.165, 1.54) is 0 Å². The molecule has 3 N–H and O–H groups in total. The van der Waals surface area contributed by atoms with Crippen LogP contribution in [0.1, 0.15) is 30.8 Å². The Morgan fingerprint density at radius 3 is 2.42 bits per heavy atom. The van der Waals surface area contributed by atoms with Gasteiger partial charge in [0.05, 0.1) is 5.92 Å². The standard InChI is InChI=1S/C13H19N3O3.C2HF3O2/c1-8-6-11(16-12(14-8)7-19-2)15-10-5-3-4-9(10)13(17)18;3-2(4,5)1(6)7/h6,9-10H,3-5,7H2,1-2H3,(H,17,18)(H,14,15,16);(H,6,7)/t9-,10+;/m0./s1. The molecule has 26 heavy (non-hydrogen) atoms. The molecule has 1 fully saturated rings. The van der Waals surface area contributed by atoms with Crippen molar-refractivity contribution in [3.05, 3.63) is 17.6 Å². The molecular formula is C15H20F3N3O5. The molecule has 146 valence electrons. The number of aromatic nitrogens is 2. The lowest BCUT2D eigenvalue weighted by Crippen LogP contribution is -2.30. The van der Waals surface area contributed by atoms with E-state index in [1.54, 1.807) is 7.11 Å². The number of ether oxygens (including phenoxy) is 1. The van der Waals surface area contributed by atoms with E-state index in [0.717, 1.165) is 25.0 Å². The summed E-state index contributed by atoms with van der Waals surface area (Å²) in [6, 6.07) is 1.78. The maximum Gasteiger partial charge on any atom is 0.490 e. The van der Waals surface area contributed by atoms with Crippen LogP contribution >= 0.6 is 0 Å². The summed E-state index contributed by atoms with van der Waals surface area (Å²) in [6.45, 7) is 2.23. The number of hydrogen-bond acceptors (Lipinski definition) is 6. The average molecular weight is 379 g/mol. The summed E-state index contributed by atoms with van der Waals surface area (Å²) in [7, 11) is 1.59. The van der Waals surface area contributed by atoms with Gasteiger partial charge in [0, 0.05) is 24.9 Å². The lowest BCUT2D eigenvalue weighted by molar-refractivity contribution is -0.192. The number of carboxylic acids is 2. The van der Waals surface area contributed by atoms with E-state index < -0.39 is 18.1 Å². The highest BCUT2D eigenvalue weighted by Crippen LogP contribution is 2.28. The maximum atomic E-state index is 11.1. The summed E-state index contributed by atoms with van der Waals surface area (Å²) < 4.78 is 36.8. The van der Waals surface area contributed by atoms with Gasteiger partial charge in [-0.2, -0.15) is 13.2 Å². The molecule has 11 heteroatoms. The molecule has 1 aliphatic carbocycles. The third-order valence-electron chi connectivity index (χ3n) is 3.58. The first-order valence-electron chi connectivity index (χ1n) is 7.67. The Labute approximate surface area is 147 Å². The van der Waals surface area contributed by atoms with E-state index in [9.17, 15) is 18.0 Å². The van der Waals surface area contributed by atoms with Crippen LogP contribution in [0.25, 0.3) is 0 Å². The molecule has 2 atom stereocenters. The van der Waals surface area contributed by atoms with Gasteiger partial charge >= 0.3 is 18.1 Å². The first kappa shape index (κ1) is 21.6. The number of rotatable bonds is 5. The maximum absolute atomic E-state index is 11.1. The van der Waals surface area contributed by atoms with Gasteiger partial charge in [0.2, 0.25) is 0 Å². The van der Waals surface area contributed by atoms with Crippen LogP contribution in [0.5, 0.6) is 0 Å². The molecule has 8 nitrogen and oxygen atoms in total. The number of hydrogen-bond donors (Lipinski definition) is 3. The number of anilines is 1. The molecule has 0 unspecified atom stereocenters. The second-order valence-corrected chi connectivity index (χ2v) is 5.67. The molecule has 1 aromatic rings. The van der Waals surface area contributed by atoms with Crippen molar-refractivity contribution in [2.24, 2.45) is 5.92 Å². The molecular weight excluding hydrogens is 359 g/mol. The van der Waals surface area contributed by atoms with Crippen LogP contribution in [-0.2, 0) is 20.9 Å². The minimum Gasteiger partial charge on any atom is -0.481 e. The largest absolute Gasteiger partial charge is 0.490 e. The van der Waals surface area contributed by atoms with Gasteiger partial charge < -0.3 is 20.3 Å². The van der Waals surface area contributed by atoms with Crippen LogP contribution in [0.2, 0.25) is 0 Å². The van der Waals surface area contributed by atoms with E-state index in [2.05, 4.69) is 15.3 Å². The van der Waals surface area contributed by atoms with Gasteiger partial charge in [-0.25, -0.2) is 14.8 Å². The number of methoxy groups -OCH3 is 1. The lowest BCUT2D eigenvalue weighted by Gasteiger charge is -2.18. The number of carboxylic acid groups (broad SMARTS) is 2. The topological polar surface area (TPSA) is 122 Å². The fraction of sp³-hybridized carbons (Fsp3) is 0.600. The van der Waals surface area contributed by atoms with E-state index in [4.69, 9.17) is 19.7 Å². The fourth-order valence-electron chi connectivity index (χ4n) is 2.52. The third kappa shape index (κ3) is 6.82. The van der Waals surface area contributed by atoms with Gasteiger partial charge in [0.15, 0.2) is 5.82 Å². The quantitative estimate of drug-likeness (QED) is 0.712. The minimum atomic E-state index is -5.08. The molecule has 1 aromatic heterocycles. The predicted octanol–water partition coefficient (Wildman–Crippen LogP) is 2.23. The second-order valence-electron chi connectivity index (χ2n) is 5.67. The van der Waals surface area contributed by atoms with Crippen LogP contribution in [0.15, 0.2) is 6.07 Å². The van der Waals surface area contributed by atoms with Crippen molar-refractivity contribution in [3.8, 4) is 0 Å². The van der Waals surface area contributed by atoms with Gasteiger partial charge in [0.25, 0.3) is 0 Å². The number of aliphatic carboxylic acids is 2. The molecule has 0 amide bonds. The number of nitrogens with one attached hydrogen (secondary N) is 1. The zero-order valence-electron chi connectivity index (χ0n) is 14.2. The van der Waals surface area contributed by atoms with Crippen LogP contribution < -0.4 is 5.32 Å². The van der Waals surface area contributed by atoms with Crippen molar-refractivity contribution in [1.29, 1.82) is 0 Å². The second kappa shape index (κ2) is 9.32. The Balaban J connectivity index is 0.000000412. The molecule has 0 bridgehead atoms. The summed E-state index contributed by atoms with van der Waals surface area (Å²) in [5, 5.41) is 19.5. The molecule has 2 rings (SSSR count). The van der Waals surface area contributed by atoms with Crippen molar-refractivity contribution in [3.63, 3.8) is 0 Å². The molecule has 0 radical (unpaired) electrons. The average Bonchev–Trinajstić information content (AvgIpc) is 2.95. The van der Waals surface area contributed by atoms with Crippen molar-refractivity contribution >= 4 is 17.8 Å². The first-order valence-corrected chi connectivity index (χ1v) is 7.67. The molecule has 0 aliphatic heterocycles. The van der Waals surface area contributed by atoms with Gasteiger partial charge in [-0.3, -0.25) is 4.79 Å². The van der Waals surface area contributed by atoms with Crippen molar-refractivity contribution in [2.45, 2.75) is 45.0 Å². The Morgan fingerprint density at radius 1 is 1.31 bits per heavy atom. The van der Waals surface area contributed by atoms with Gasteiger partial charge in [-0.1, -0.05) is 6.42 Å². The van der Waals surface area contributed by atoms with Crippen molar-refractivity contribution in [1.82, 2.24) is 9.97 Å². The SMILES string of the molecule is COCc1nc(C)cc(N[C@@H]2CCC[C@@H]2C(=O)O)n1.O=C(O)C(F)(F)F. The summed E-state index contributed by atoms with van der Waals surface area (Å²) >= 11 is 0. The Kier molecular flexibility index (Phi) is 7.75. The third-order valence-corrected chi connectivity index (χ3v) is 3.58. The number of nitrogens with zero attached hydrogens (tertiary/aromatic N) is 2. The molecule has 1 aliphatic rings. The zero-order valence-corrected chi connectivity index (χ0v) is 14.2. The molecule has 1 saturated carbocycles. The first-order chi connectivity index (χ1) is 12.0. The molecule has 0 aromatic carbocycles. The minimum absolute atomic E-state index is 0.0535. The number of alkyl halides is 3. The van der Waals surface area contributed by atoms with Gasteiger partial charge in [-0.05, 0) is 19.8 Å². The Hall–Kier alpha value is -2.43. The van der Waals surface area contributed by atoms with Crippen LogP contribution in [-0.4, -0.2) is 51.4 Å². The molecule has 0 spiro atoms. The number of carbonyl (C=O) groups is 2. The van der Waals surface area contributed by atoms with Crippen molar-refractivity contribution < 1.29 is 37.7 Å². The summed E-state index contributed by atoms with van der Waals surface area (Å²) in [6.07, 6.45) is -2.56. The van der Waals surface area contributed by atoms with Crippen LogP contribution in [0, 0.1) is 12.8 Å². The number of halogens is 3. The van der Waals surface area contributed by atoms with E-state index in [1.807, 2.05) is 13.0 Å².